The molecule has 40 heavy (non-hydrogen) atoms. The van der Waals surface area contributed by atoms with Crippen molar-refractivity contribution in [1.29, 1.82) is 0 Å². The Morgan fingerprint density at radius 2 is 1.98 bits per heavy atom. The first kappa shape index (κ1) is 27.3. The van der Waals surface area contributed by atoms with E-state index in [2.05, 4.69) is 16.5 Å². The normalized spacial score (nSPS) is 13.6. The van der Waals surface area contributed by atoms with E-state index in [1.807, 2.05) is 13.8 Å². The van der Waals surface area contributed by atoms with Crippen molar-refractivity contribution >= 4 is 28.7 Å². The van der Waals surface area contributed by atoms with Gasteiger partial charge in [0.1, 0.15) is 11.6 Å². The summed E-state index contributed by atoms with van der Waals surface area (Å²) in [6.45, 7) is 10.0. The summed E-state index contributed by atoms with van der Waals surface area (Å²) >= 11 is 6.61. The summed E-state index contributed by atoms with van der Waals surface area (Å²) in [6, 6.07) is 7.01. The lowest BCUT2D eigenvalue weighted by Gasteiger charge is -2.39. The molecule has 0 spiro atoms. The van der Waals surface area contributed by atoms with Gasteiger partial charge in [-0.05, 0) is 48.7 Å². The number of hydrogen-bond acceptors (Lipinski definition) is 6. The summed E-state index contributed by atoms with van der Waals surface area (Å²) in [5.74, 6) is -1.54. The van der Waals surface area contributed by atoms with Gasteiger partial charge in [-0.15, -0.1) is 0 Å². The van der Waals surface area contributed by atoms with Gasteiger partial charge in [0.2, 0.25) is 5.91 Å². The number of likely N-dealkylation sites (tertiary alicyclic amines) is 1. The molecule has 1 fully saturated rings. The van der Waals surface area contributed by atoms with Crippen molar-refractivity contribution in [3.05, 3.63) is 92.0 Å². The summed E-state index contributed by atoms with van der Waals surface area (Å²) in [5, 5.41) is 10.5. The van der Waals surface area contributed by atoms with Crippen molar-refractivity contribution < 1.29 is 14.3 Å². The monoisotopic (exact) mass is 563 g/mol. The molecule has 1 amide bonds. The fourth-order valence-electron chi connectivity index (χ4n) is 5.10. The maximum absolute atomic E-state index is 14.9. The van der Waals surface area contributed by atoms with Crippen LogP contribution in [-0.4, -0.2) is 48.1 Å². The Kier molecular flexibility index (Phi) is 7.05. The van der Waals surface area contributed by atoms with Crippen LogP contribution in [0.5, 0.6) is 5.75 Å². The number of pyridine rings is 2. The number of halogens is 2. The number of carbonyl (C=O) groups excluding carboxylic acids is 1. The number of rotatable bonds is 6. The molecule has 0 saturated carbocycles. The smallest absolute Gasteiger partial charge is 0.322 e. The van der Waals surface area contributed by atoms with Crippen LogP contribution in [-0.2, 0) is 11.3 Å². The van der Waals surface area contributed by atoms with Crippen LogP contribution in [0, 0.1) is 18.7 Å². The van der Waals surface area contributed by atoms with Gasteiger partial charge >= 0.3 is 11.1 Å². The number of nitrogens with zero attached hydrogens (tertiary/aromatic N) is 5. The SMILES string of the molecule is C=CC(=O)N1CC(Cn2c(=O)c(=O)n(-c3c(C)ccnc3C(C)C)c3nc(-c4c(O)cccc4F)c(Cl)cc32)C1. The van der Waals surface area contributed by atoms with Crippen molar-refractivity contribution in [3.8, 4) is 22.7 Å². The molecule has 9 nitrogen and oxygen atoms in total. The van der Waals surface area contributed by atoms with Crippen LogP contribution in [0.4, 0.5) is 4.39 Å². The third-order valence-electron chi connectivity index (χ3n) is 7.11. The second-order valence-corrected chi connectivity index (χ2v) is 10.6. The lowest BCUT2D eigenvalue weighted by atomic mass is 9.99. The van der Waals surface area contributed by atoms with Crippen LogP contribution < -0.4 is 11.1 Å². The average molecular weight is 564 g/mol. The Bertz CT molecular complexity index is 1790. The summed E-state index contributed by atoms with van der Waals surface area (Å²) < 4.78 is 17.4. The fraction of sp³-hybridized carbons (Fsp3) is 0.276. The average Bonchev–Trinajstić information content (AvgIpc) is 2.88. The Hall–Kier alpha value is -4.31. The first-order valence-corrected chi connectivity index (χ1v) is 13.1. The first-order valence-electron chi connectivity index (χ1n) is 12.7. The van der Waals surface area contributed by atoms with E-state index in [1.165, 1.54) is 39.5 Å². The summed E-state index contributed by atoms with van der Waals surface area (Å²) in [6.07, 6.45) is 2.85. The minimum absolute atomic E-state index is 0.0182. The number of carbonyl (C=O) groups is 1. The van der Waals surface area contributed by atoms with E-state index in [9.17, 15) is 23.9 Å². The minimum Gasteiger partial charge on any atom is -0.507 e. The predicted molar refractivity (Wildman–Crippen MR) is 151 cm³/mol. The molecule has 5 rings (SSSR count). The summed E-state index contributed by atoms with van der Waals surface area (Å²) in [5.41, 5.74) is 0.0119. The van der Waals surface area contributed by atoms with Crippen LogP contribution in [0.3, 0.4) is 0 Å². The molecule has 1 aromatic carbocycles. The third-order valence-corrected chi connectivity index (χ3v) is 7.40. The van der Waals surface area contributed by atoms with Crippen LogP contribution in [0.15, 0.2) is 58.8 Å². The number of aromatic nitrogens is 4. The number of hydrogen-bond donors (Lipinski definition) is 1. The molecule has 11 heteroatoms. The molecule has 1 aliphatic heterocycles. The van der Waals surface area contributed by atoms with Gasteiger partial charge in [-0.25, -0.2) is 9.37 Å². The van der Waals surface area contributed by atoms with Crippen molar-refractivity contribution in [2.24, 2.45) is 5.92 Å². The zero-order chi connectivity index (χ0) is 28.9. The van der Waals surface area contributed by atoms with Crippen LogP contribution >= 0.6 is 11.6 Å². The lowest BCUT2D eigenvalue weighted by Crippen LogP contribution is -2.52. The largest absolute Gasteiger partial charge is 0.507 e. The van der Waals surface area contributed by atoms with E-state index in [0.717, 1.165) is 0 Å². The Labute approximate surface area is 233 Å². The fourth-order valence-corrected chi connectivity index (χ4v) is 5.34. The molecule has 1 aliphatic rings. The van der Waals surface area contributed by atoms with E-state index >= 15 is 0 Å². The van der Waals surface area contributed by atoms with Gasteiger partial charge in [0, 0.05) is 31.7 Å². The molecular formula is C29H27ClFN5O4. The highest BCUT2D eigenvalue weighted by molar-refractivity contribution is 6.33. The number of amides is 1. The Balaban J connectivity index is 1.83. The number of aryl methyl sites for hydroxylation is 1. The zero-order valence-corrected chi connectivity index (χ0v) is 22.9. The maximum Gasteiger partial charge on any atom is 0.322 e. The standard InChI is InChI=1S/C29H27ClFN5O4/c1-5-22(38)34-12-17(13-34)14-35-20-11-18(30)25(23-19(31)7-6-8-21(23)37)33-27(20)36(29(40)28(35)39)26-16(4)9-10-32-24(26)15(2)3/h5-11,15,17,37H,1,12-14H2,2-4H3. The van der Waals surface area contributed by atoms with E-state index in [4.69, 9.17) is 11.6 Å². The number of phenols is 1. The summed E-state index contributed by atoms with van der Waals surface area (Å²) in [7, 11) is 0. The van der Waals surface area contributed by atoms with Crippen LogP contribution in [0.25, 0.3) is 28.1 Å². The second-order valence-electron chi connectivity index (χ2n) is 10.2. The highest BCUT2D eigenvalue weighted by Gasteiger charge is 2.31. The second kappa shape index (κ2) is 10.3. The number of phenolic OH excluding ortho intramolecular Hbond substituents is 1. The van der Waals surface area contributed by atoms with Gasteiger partial charge in [0.15, 0.2) is 5.65 Å². The highest BCUT2D eigenvalue weighted by Crippen LogP contribution is 2.37. The van der Waals surface area contributed by atoms with Crippen LogP contribution in [0.2, 0.25) is 5.02 Å². The van der Waals surface area contributed by atoms with E-state index < -0.39 is 16.9 Å². The molecule has 0 bridgehead atoms. The molecule has 0 radical (unpaired) electrons. The van der Waals surface area contributed by atoms with E-state index in [-0.39, 0.29) is 57.5 Å². The van der Waals surface area contributed by atoms with Crippen molar-refractivity contribution in [3.63, 3.8) is 0 Å². The van der Waals surface area contributed by atoms with Gasteiger partial charge in [0.25, 0.3) is 0 Å². The number of aromatic hydroxyl groups is 1. The molecule has 4 aromatic rings. The molecule has 1 saturated heterocycles. The van der Waals surface area contributed by atoms with Crippen LogP contribution in [0.1, 0.15) is 31.0 Å². The maximum atomic E-state index is 14.9. The highest BCUT2D eigenvalue weighted by atomic mass is 35.5. The van der Waals surface area contributed by atoms with Gasteiger partial charge in [0.05, 0.1) is 33.2 Å². The molecule has 4 heterocycles. The van der Waals surface area contributed by atoms with E-state index in [0.29, 0.717) is 30.0 Å². The molecule has 3 aromatic heterocycles. The van der Waals surface area contributed by atoms with Gasteiger partial charge in [-0.1, -0.05) is 38.1 Å². The number of fused-ring (bicyclic) bond motifs is 1. The molecule has 206 valence electrons. The first-order chi connectivity index (χ1) is 19.0. The van der Waals surface area contributed by atoms with Gasteiger partial charge < -0.3 is 14.6 Å². The number of benzene rings is 1. The molecule has 0 atom stereocenters. The van der Waals surface area contributed by atoms with Crippen molar-refractivity contribution in [2.75, 3.05) is 13.1 Å². The summed E-state index contributed by atoms with van der Waals surface area (Å²) in [4.78, 5) is 50.1. The van der Waals surface area contributed by atoms with Crippen molar-refractivity contribution in [2.45, 2.75) is 33.2 Å². The molecule has 0 aliphatic carbocycles. The van der Waals surface area contributed by atoms with Crippen molar-refractivity contribution in [1.82, 2.24) is 24.0 Å². The zero-order valence-electron chi connectivity index (χ0n) is 22.2. The van der Waals surface area contributed by atoms with Gasteiger partial charge in [-0.2, -0.15) is 0 Å². The molecular weight excluding hydrogens is 537 g/mol. The Morgan fingerprint density at radius 3 is 2.62 bits per heavy atom. The Morgan fingerprint density at radius 1 is 1.25 bits per heavy atom. The molecule has 1 N–H and O–H groups in total. The third kappa shape index (κ3) is 4.48. The van der Waals surface area contributed by atoms with E-state index in [1.54, 1.807) is 24.1 Å². The minimum atomic E-state index is -0.859. The topological polar surface area (TPSA) is 110 Å². The lowest BCUT2D eigenvalue weighted by molar-refractivity contribution is -0.132. The quantitative estimate of drug-likeness (QED) is 0.278. The predicted octanol–water partition coefficient (Wildman–Crippen LogP) is 4.18. The molecule has 0 unspecified atom stereocenters. The van der Waals surface area contributed by atoms with Gasteiger partial charge in [-0.3, -0.25) is 23.9 Å².